The first kappa shape index (κ1) is 17.2. The minimum Gasteiger partial charge on any atom is -0.491 e. The Labute approximate surface area is 144 Å². The average molecular weight is 329 g/mol. The molecule has 3 rings (SSSR count). The zero-order chi connectivity index (χ0) is 16.8. The van der Waals surface area contributed by atoms with Crippen LogP contribution in [-0.2, 0) is 4.74 Å². The van der Waals surface area contributed by atoms with Gasteiger partial charge >= 0.3 is 0 Å². The second kappa shape index (κ2) is 8.47. The minimum atomic E-state index is -0.470. The Morgan fingerprint density at radius 1 is 1.21 bits per heavy atom. The molecule has 2 atom stereocenters. The van der Waals surface area contributed by atoms with Crippen LogP contribution in [0.2, 0.25) is 0 Å². The standard InChI is InChI=1S/C20H27NO3/c1-2-23-14-16-9-10-21(12-16)13-19(22)15-24-20-8-7-17-5-3-4-6-18(17)11-20/h3-8,11,16,19,22H,2,9-10,12-15H2,1H3. The largest absolute Gasteiger partial charge is 0.491 e. The van der Waals surface area contributed by atoms with Gasteiger partial charge in [0.15, 0.2) is 0 Å². The SMILES string of the molecule is CCOCC1CCN(CC(O)COc2ccc3ccccc3c2)C1. The first-order valence-corrected chi connectivity index (χ1v) is 8.84. The molecule has 1 aliphatic rings. The molecule has 0 bridgehead atoms. The van der Waals surface area contributed by atoms with Gasteiger partial charge in [0.2, 0.25) is 0 Å². The summed E-state index contributed by atoms with van der Waals surface area (Å²) in [7, 11) is 0. The van der Waals surface area contributed by atoms with Crippen LogP contribution in [0.4, 0.5) is 0 Å². The number of aliphatic hydroxyl groups excluding tert-OH is 1. The molecular formula is C20H27NO3. The fourth-order valence-corrected chi connectivity index (χ4v) is 3.30. The Bertz CT molecular complexity index is 646. The normalized spacial score (nSPS) is 19.7. The quantitative estimate of drug-likeness (QED) is 0.808. The van der Waals surface area contributed by atoms with Crippen molar-refractivity contribution < 1.29 is 14.6 Å². The Hall–Kier alpha value is -1.62. The molecule has 1 aliphatic heterocycles. The maximum Gasteiger partial charge on any atom is 0.120 e. The molecule has 0 aliphatic carbocycles. The van der Waals surface area contributed by atoms with E-state index in [-0.39, 0.29) is 0 Å². The van der Waals surface area contributed by atoms with Gasteiger partial charge in [-0.1, -0.05) is 30.3 Å². The lowest BCUT2D eigenvalue weighted by Crippen LogP contribution is -2.34. The van der Waals surface area contributed by atoms with Crippen LogP contribution in [0, 0.1) is 5.92 Å². The van der Waals surface area contributed by atoms with Crippen LogP contribution < -0.4 is 4.74 Å². The van der Waals surface area contributed by atoms with E-state index in [1.165, 1.54) is 5.39 Å². The molecule has 0 spiro atoms. The van der Waals surface area contributed by atoms with E-state index < -0.39 is 6.10 Å². The van der Waals surface area contributed by atoms with Gasteiger partial charge in [0.05, 0.1) is 6.61 Å². The van der Waals surface area contributed by atoms with Gasteiger partial charge in [0.1, 0.15) is 18.5 Å². The number of hydrogen-bond acceptors (Lipinski definition) is 4. The lowest BCUT2D eigenvalue weighted by molar-refractivity contribution is 0.0702. The molecule has 1 fully saturated rings. The molecule has 24 heavy (non-hydrogen) atoms. The average Bonchev–Trinajstić information content (AvgIpc) is 3.05. The van der Waals surface area contributed by atoms with Gasteiger partial charge < -0.3 is 19.5 Å². The summed E-state index contributed by atoms with van der Waals surface area (Å²) in [6, 6.07) is 14.2. The lowest BCUT2D eigenvalue weighted by atomic mass is 10.1. The monoisotopic (exact) mass is 329 g/mol. The van der Waals surface area contributed by atoms with Gasteiger partial charge in [-0.05, 0) is 48.7 Å². The molecule has 2 aromatic carbocycles. The first-order valence-electron chi connectivity index (χ1n) is 8.84. The predicted molar refractivity (Wildman–Crippen MR) is 96.5 cm³/mol. The van der Waals surface area contributed by atoms with Gasteiger partial charge in [-0.2, -0.15) is 0 Å². The van der Waals surface area contributed by atoms with Crippen molar-refractivity contribution >= 4 is 10.8 Å². The number of β-amino-alcohol motifs (C(OH)–C–C–N with tert-alkyl or cyclic N) is 1. The van der Waals surface area contributed by atoms with Crippen molar-refractivity contribution in [2.45, 2.75) is 19.4 Å². The Kier molecular flexibility index (Phi) is 6.07. The van der Waals surface area contributed by atoms with Crippen molar-refractivity contribution in [3.63, 3.8) is 0 Å². The van der Waals surface area contributed by atoms with Crippen LogP contribution >= 0.6 is 0 Å². The third-order valence-corrected chi connectivity index (χ3v) is 4.56. The van der Waals surface area contributed by atoms with Gasteiger partial charge in [-0.25, -0.2) is 0 Å². The van der Waals surface area contributed by atoms with E-state index in [1.54, 1.807) is 0 Å². The van der Waals surface area contributed by atoms with Gasteiger partial charge in [0.25, 0.3) is 0 Å². The molecule has 130 valence electrons. The third-order valence-electron chi connectivity index (χ3n) is 4.56. The topological polar surface area (TPSA) is 41.9 Å². The molecule has 0 aromatic heterocycles. The second-order valence-corrected chi connectivity index (χ2v) is 6.55. The van der Waals surface area contributed by atoms with Crippen molar-refractivity contribution in [3.8, 4) is 5.75 Å². The number of hydrogen-bond donors (Lipinski definition) is 1. The highest BCUT2D eigenvalue weighted by molar-refractivity contribution is 5.83. The number of nitrogens with zero attached hydrogens (tertiary/aromatic N) is 1. The maximum absolute atomic E-state index is 10.2. The van der Waals surface area contributed by atoms with Crippen LogP contribution in [0.3, 0.4) is 0 Å². The fourth-order valence-electron chi connectivity index (χ4n) is 3.30. The highest BCUT2D eigenvalue weighted by Gasteiger charge is 2.24. The Morgan fingerprint density at radius 3 is 2.88 bits per heavy atom. The molecule has 2 unspecified atom stereocenters. The van der Waals surface area contributed by atoms with Crippen molar-refractivity contribution in [1.82, 2.24) is 4.90 Å². The van der Waals surface area contributed by atoms with Crippen LogP contribution in [0.1, 0.15) is 13.3 Å². The molecular weight excluding hydrogens is 302 g/mol. The summed E-state index contributed by atoms with van der Waals surface area (Å²) >= 11 is 0. The maximum atomic E-state index is 10.2. The molecule has 1 saturated heterocycles. The summed E-state index contributed by atoms with van der Waals surface area (Å²) in [6.07, 6.45) is 0.681. The summed E-state index contributed by atoms with van der Waals surface area (Å²) in [5.41, 5.74) is 0. The van der Waals surface area contributed by atoms with Crippen LogP contribution in [0.25, 0.3) is 10.8 Å². The second-order valence-electron chi connectivity index (χ2n) is 6.55. The van der Waals surface area contributed by atoms with E-state index in [4.69, 9.17) is 9.47 Å². The Morgan fingerprint density at radius 2 is 2.04 bits per heavy atom. The van der Waals surface area contributed by atoms with Crippen LogP contribution in [-0.4, -0.2) is 55.6 Å². The van der Waals surface area contributed by atoms with Crippen molar-refractivity contribution in [2.75, 3.05) is 39.5 Å². The summed E-state index contributed by atoms with van der Waals surface area (Å²) in [6.45, 7) is 6.66. The molecule has 0 amide bonds. The highest BCUT2D eigenvalue weighted by atomic mass is 16.5. The van der Waals surface area contributed by atoms with E-state index >= 15 is 0 Å². The number of aliphatic hydroxyl groups is 1. The van der Waals surface area contributed by atoms with Crippen molar-refractivity contribution in [1.29, 1.82) is 0 Å². The predicted octanol–water partition coefficient (Wildman–Crippen LogP) is 2.94. The fraction of sp³-hybridized carbons (Fsp3) is 0.500. The van der Waals surface area contributed by atoms with Gasteiger partial charge in [-0.3, -0.25) is 0 Å². The molecule has 2 aromatic rings. The smallest absolute Gasteiger partial charge is 0.120 e. The minimum absolute atomic E-state index is 0.324. The summed E-state index contributed by atoms with van der Waals surface area (Å²) in [4.78, 5) is 2.30. The van der Waals surface area contributed by atoms with Crippen molar-refractivity contribution in [3.05, 3.63) is 42.5 Å². The zero-order valence-corrected chi connectivity index (χ0v) is 14.4. The molecule has 4 nitrogen and oxygen atoms in total. The summed E-state index contributed by atoms with van der Waals surface area (Å²) in [5, 5.41) is 12.6. The van der Waals surface area contributed by atoms with Crippen LogP contribution in [0.5, 0.6) is 5.75 Å². The Balaban J connectivity index is 1.44. The van der Waals surface area contributed by atoms with Gasteiger partial charge in [0, 0.05) is 19.7 Å². The van der Waals surface area contributed by atoms with E-state index in [0.29, 0.717) is 19.1 Å². The van der Waals surface area contributed by atoms with Crippen molar-refractivity contribution in [2.24, 2.45) is 5.92 Å². The number of ether oxygens (including phenoxy) is 2. The molecule has 1 heterocycles. The summed E-state index contributed by atoms with van der Waals surface area (Å²) in [5.74, 6) is 1.40. The molecule has 0 saturated carbocycles. The highest BCUT2D eigenvalue weighted by Crippen LogP contribution is 2.21. The van der Waals surface area contributed by atoms with Crippen LogP contribution in [0.15, 0.2) is 42.5 Å². The number of likely N-dealkylation sites (tertiary alicyclic amines) is 1. The lowest BCUT2D eigenvalue weighted by Gasteiger charge is -2.20. The zero-order valence-electron chi connectivity index (χ0n) is 14.4. The number of fused-ring (bicyclic) bond motifs is 1. The number of rotatable bonds is 8. The summed E-state index contributed by atoms with van der Waals surface area (Å²) < 4.78 is 11.3. The molecule has 1 N–H and O–H groups in total. The van der Waals surface area contributed by atoms with E-state index in [9.17, 15) is 5.11 Å². The van der Waals surface area contributed by atoms with E-state index in [0.717, 1.165) is 43.9 Å². The molecule has 0 radical (unpaired) electrons. The van der Waals surface area contributed by atoms with Gasteiger partial charge in [-0.15, -0.1) is 0 Å². The van der Waals surface area contributed by atoms with E-state index in [2.05, 4.69) is 23.1 Å². The van der Waals surface area contributed by atoms with E-state index in [1.807, 2.05) is 31.2 Å². The third kappa shape index (κ3) is 4.69. The number of benzene rings is 2. The molecule has 4 heteroatoms. The first-order chi connectivity index (χ1) is 11.7.